The lowest BCUT2D eigenvalue weighted by Crippen LogP contribution is -2.58. The molecule has 0 saturated carbocycles. The number of aliphatic hydroxyl groups excluding tert-OH is 1. The van der Waals surface area contributed by atoms with Gasteiger partial charge in [0.05, 0.1) is 6.10 Å². The van der Waals surface area contributed by atoms with Crippen molar-refractivity contribution < 1.29 is 19.9 Å². The van der Waals surface area contributed by atoms with Gasteiger partial charge in [0, 0.05) is 48.7 Å². The zero-order valence-electron chi connectivity index (χ0n) is 18.8. The lowest BCUT2D eigenvalue weighted by atomic mass is 10.1. The highest BCUT2D eigenvalue weighted by molar-refractivity contribution is 5.87. The van der Waals surface area contributed by atoms with Gasteiger partial charge in [-0.3, -0.25) is 10.0 Å². The van der Waals surface area contributed by atoms with Gasteiger partial charge in [0.15, 0.2) is 0 Å². The molecule has 2 aromatic carbocycles. The number of nitrogens with one attached hydrogen (secondary N) is 2. The maximum Gasteiger partial charge on any atom is 0.318 e. The molecule has 1 saturated heterocycles. The highest BCUT2D eigenvalue weighted by Crippen LogP contribution is 2.17. The Balaban J connectivity index is 1.52. The summed E-state index contributed by atoms with van der Waals surface area (Å²) in [6.07, 6.45) is -1.15. The number of aliphatic hydroxyl groups is 1. The summed E-state index contributed by atoms with van der Waals surface area (Å²) >= 11 is 0. The van der Waals surface area contributed by atoms with Crippen molar-refractivity contribution in [1.29, 1.82) is 0 Å². The molecule has 0 aliphatic carbocycles. The van der Waals surface area contributed by atoms with E-state index >= 15 is 0 Å². The summed E-state index contributed by atoms with van der Waals surface area (Å²) in [5.74, 6) is 10.8. The Morgan fingerprint density at radius 2 is 1.47 bits per heavy atom. The number of piperazine rings is 1. The van der Waals surface area contributed by atoms with E-state index in [0.29, 0.717) is 31.9 Å². The standard InChI is InChI=1S/C25H27N5O4/c1-18(31)23(24(32)28-34)27-25(33)30-16-14-29(15-17-30)22-12-8-20(9-13-22)5-3-2-4-19-6-10-21(26)11-7-19/h6-13,18,23,31,34H,14-17,26H2,1H3,(H,27,33)(H,28,32)/t18-,23+/m1/s1. The van der Waals surface area contributed by atoms with E-state index in [9.17, 15) is 14.7 Å². The third-order valence-electron chi connectivity index (χ3n) is 5.34. The van der Waals surface area contributed by atoms with E-state index in [2.05, 4.69) is 33.9 Å². The van der Waals surface area contributed by atoms with Crippen molar-refractivity contribution in [3.05, 3.63) is 59.7 Å². The third-order valence-corrected chi connectivity index (χ3v) is 5.34. The molecule has 2 aromatic rings. The predicted octanol–water partition coefficient (Wildman–Crippen LogP) is 0.758. The van der Waals surface area contributed by atoms with Gasteiger partial charge in [-0.05, 0) is 67.3 Å². The Kier molecular flexibility index (Phi) is 8.36. The molecule has 0 bridgehead atoms. The molecule has 176 valence electrons. The predicted molar refractivity (Wildman–Crippen MR) is 129 cm³/mol. The molecule has 9 nitrogen and oxygen atoms in total. The highest BCUT2D eigenvalue weighted by Gasteiger charge is 2.29. The Morgan fingerprint density at radius 1 is 0.941 bits per heavy atom. The Bertz CT molecular complexity index is 1120. The molecule has 6 N–H and O–H groups in total. The molecule has 3 rings (SSSR count). The summed E-state index contributed by atoms with van der Waals surface area (Å²) in [5, 5.41) is 20.9. The van der Waals surface area contributed by atoms with Gasteiger partial charge in [0.1, 0.15) is 6.04 Å². The van der Waals surface area contributed by atoms with Gasteiger partial charge in [0.25, 0.3) is 5.91 Å². The second-order valence-corrected chi connectivity index (χ2v) is 7.79. The number of hydroxylamine groups is 1. The van der Waals surface area contributed by atoms with E-state index in [4.69, 9.17) is 10.9 Å². The molecule has 0 radical (unpaired) electrons. The fourth-order valence-corrected chi connectivity index (χ4v) is 3.40. The van der Waals surface area contributed by atoms with Crippen LogP contribution in [0, 0.1) is 23.7 Å². The molecule has 0 aromatic heterocycles. The van der Waals surface area contributed by atoms with E-state index in [1.807, 2.05) is 36.4 Å². The summed E-state index contributed by atoms with van der Waals surface area (Å²) in [5.41, 5.74) is 10.5. The fraction of sp³-hybridized carbons (Fsp3) is 0.280. The largest absolute Gasteiger partial charge is 0.399 e. The molecular weight excluding hydrogens is 434 g/mol. The molecule has 1 aliphatic rings. The maximum absolute atomic E-state index is 12.4. The second kappa shape index (κ2) is 11.6. The normalized spacial score (nSPS) is 14.6. The molecule has 3 amide bonds. The van der Waals surface area contributed by atoms with Gasteiger partial charge in [0.2, 0.25) is 0 Å². The number of urea groups is 1. The Labute approximate surface area is 198 Å². The SMILES string of the molecule is C[C@@H](O)[C@H](NC(=O)N1CCN(c2ccc(C#CC#Cc3ccc(N)cc3)cc2)CC1)C(=O)NO. The van der Waals surface area contributed by atoms with Gasteiger partial charge >= 0.3 is 6.03 Å². The van der Waals surface area contributed by atoms with Crippen LogP contribution in [0.15, 0.2) is 48.5 Å². The number of nitrogens with two attached hydrogens (primary N) is 1. The van der Waals surface area contributed by atoms with Crippen LogP contribution >= 0.6 is 0 Å². The molecule has 1 aliphatic heterocycles. The summed E-state index contributed by atoms with van der Waals surface area (Å²) in [7, 11) is 0. The van der Waals surface area contributed by atoms with Crippen LogP contribution in [0.3, 0.4) is 0 Å². The van der Waals surface area contributed by atoms with E-state index in [-0.39, 0.29) is 0 Å². The Hall–Kier alpha value is -4.18. The number of hydrogen-bond acceptors (Lipinski definition) is 6. The number of nitrogens with zero attached hydrogens (tertiary/aromatic N) is 2. The van der Waals surface area contributed by atoms with Crippen LogP contribution in [0.2, 0.25) is 0 Å². The number of carbonyl (C=O) groups is 2. The average molecular weight is 462 g/mol. The van der Waals surface area contributed by atoms with Crippen molar-refractivity contribution >= 4 is 23.3 Å². The zero-order valence-corrected chi connectivity index (χ0v) is 18.8. The van der Waals surface area contributed by atoms with Crippen LogP contribution in [0.1, 0.15) is 18.1 Å². The van der Waals surface area contributed by atoms with Crippen molar-refractivity contribution in [3.8, 4) is 23.7 Å². The van der Waals surface area contributed by atoms with Crippen LogP contribution in [0.25, 0.3) is 0 Å². The van der Waals surface area contributed by atoms with Crippen LogP contribution in [-0.2, 0) is 4.79 Å². The summed E-state index contributed by atoms with van der Waals surface area (Å²) in [6.45, 7) is 3.47. The monoisotopic (exact) mass is 461 g/mol. The quantitative estimate of drug-likeness (QED) is 0.198. The number of anilines is 2. The minimum atomic E-state index is -1.24. The molecule has 1 heterocycles. The van der Waals surface area contributed by atoms with Crippen LogP contribution in [0.4, 0.5) is 16.2 Å². The molecule has 0 unspecified atom stereocenters. The Morgan fingerprint density at radius 3 is 1.97 bits per heavy atom. The number of carbonyl (C=O) groups excluding carboxylic acids is 2. The fourth-order valence-electron chi connectivity index (χ4n) is 3.40. The number of hydrogen-bond donors (Lipinski definition) is 5. The van der Waals surface area contributed by atoms with Crippen LogP contribution in [0.5, 0.6) is 0 Å². The van der Waals surface area contributed by atoms with Gasteiger partial charge in [-0.15, -0.1) is 0 Å². The minimum Gasteiger partial charge on any atom is -0.399 e. The van der Waals surface area contributed by atoms with E-state index in [1.54, 1.807) is 17.0 Å². The molecule has 1 fully saturated rings. The number of amides is 3. The maximum atomic E-state index is 12.4. The van der Waals surface area contributed by atoms with Gasteiger partial charge in [-0.2, -0.15) is 0 Å². The number of rotatable bonds is 4. The molecule has 0 spiro atoms. The van der Waals surface area contributed by atoms with E-state index in [0.717, 1.165) is 16.8 Å². The van der Waals surface area contributed by atoms with Crippen molar-refractivity contribution in [2.45, 2.75) is 19.1 Å². The minimum absolute atomic E-state index is 0.446. The van der Waals surface area contributed by atoms with Gasteiger partial charge in [-0.25, -0.2) is 10.3 Å². The highest BCUT2D eigenvalue weighted by atomic mass is 16.5. The number of benzene rings is 2. The lowest BCUT2D eigenvalue weighted by Gasteiger charge is -2.36. The molecular formula is C25H27N5O4. The lowest BCUT2D eigenvalue weighted by molar-refractivity contribution is -0.133. The zero-order chi connectivity index (χ0) is 24.5. The van der Waals surface area contributed by atoms with E-state index in [1.165, 1.54) is 12.4 Å². The average Bonchev–Trinajstić information content (AvgIpc) is 2.86. The molecule has 34 heavy (non-hydrogen) atoms. The summed E-state index contributed by atoms with van der Waals surface area (Å²) in [4.78, 5) is 27.8. The second-order valence-electron chi connectivity index (χ2n) is 7.79. The van der Waals surface area contributed by atoms with Gasteiger partial charge in [-0.1, -0.05) is 11.8 Å². The van der Waals surface area contributed by atoms with E-state index < -0.39 is 24.1 Å². The van der Waals surface area contributed by atoms with Crippen molar-refractivity contribution in [1.82, 2.24) is 15.7 Å². The summed E-state index contributed by atoms with van der Waals surface area (Å²) < 4.78 is 0. The first-order valence-electron chi connectivity index (χ1n) is 10.8. The topological polar surface area (TPSA) is 131 Å². The van der Waals surface area contributed by atoms with Crippen LogP contribution in [-0.4, -0.2) is 65.5 Å². The van der Waals surface area contributed by atoms with Crippen molar-refractivity contribution in [3.63, 3.8) is 0 Å². The molecule has 9 heteroatoms. The third kappa shape index (κ3) is 6.66. The summed E-state index contributed by atoms with van der Waals surface area (Å²) in [6, 6.07) is 13.4. The van der Waals surface area contributed by atoms with Crippen molar-refractivity contribution in [2.24, 2.45) is 0 Å². The smallest absolute Gasteiger partial charge is 0.318 e. The van der Waals surface area contributed by atoms with Gasteiger partial charge < -0.3 is 26.0 Å². The van der Waals surface area contributed by atoms with Crippen molar-refractivity contribution in [2.75, 3.05) is 36.8 Å². The number of nitrogen functional groups attached to an aromatic ring is 1. The first-order valence-corrected chi connectivity index (χ1v) is 10.8. The first-order chi connectivity index (χ1) is 16.4. The molecule has 2 atom stereocenters. The first kappa shape index (κ1) is 24.5. The van der Waals surface area contributed by atoms with Crippen LogP contribution < -0.4 is 21.4 Å².